The molecule has 2 aliphatic heterocycles. The van der Waals surface area contributed by atoms with Crippen molar-refractivity contribution in [2.24, 2.45) is 0 Å². The van der Waals surface area contributed by atoms with Crippen LogP contribution in [-0.4, -0.2) is 51.1 Å². The molecule has 1 fully saturated rings. The van der Waals surface area contributed by atoms with E-state index >= 15 is 0 Å². The van der Waals surface area contributed by atoms with Crippen molar-refractivity contribution in [1.29, 1.82) is 0 Å². The molecular formula is C23H25NO5. The number of likely N-dealkylation sites (tertiary alicyclic amines) is 1. The SMILES string of the molecule is COc1ccc(/C=C2/Oc3cc(OCCN4CCCC4)ccc3C2=O)c(OC)c1. The quantitative estimate of drug-likeness (QED) is 0.665. The van der Waals surface area contributed by atoms with Crippen LogP contribution in [0.3, 0.4) is 0 Å². The number of nitrogens with zero attached hydrogens (tertiary/aromatic N) is 1. The molecule has 2 heterocycles. The Kier molecular flexibility index (Phi) is 5.71. The van der Waals surface area contributed by atoms with Crippen molar-refractivity contribution in [3.8, 4) is 23.0 Å². The van der Waals surface area contributed by atoms with Crippen LogP contribution in [0.25, 0.3) is 6.08 Å². The highest BCUT2D eigenvalue weighted by Crippen LogP contribution is 2.36. The number of methoxy groups -OCH3 is 2. The Morgan fingerprint density at radius 2 is 1.83 bits per heavy atom. The molecule has 0 N–H and O–H groups in total. The van der Waals surface area contributed by atoms with Crippen molar-refractivity contribution in [3.63, 3.8) is 0 Å². The Balaban J connectivity index is 1.47. The van der Waals surface area contributed by atoms with Crippen LogP contribution in [-0.2, 0) is 0 Å². The van der Waals surface area contributed by atoms with Gasteiger partial charge in [0.25, 0.3) is 0 Å². The molecular weight excluding hydrogens is 370 g/mol. The maximum atomic E-state index is 12.7. The van der Waals surface area contributed by atoms with Gasteiger partial charge in [-0.15, -0.1) is 0 Å². The van der Waals surface area contributed by atoms with Crippen molar-refractivity contribution >= 4 is 11.9 Å². The van der Waals surface area contributed by atoms with Crippen molar-refractivity contribution in [2.75, 3.05) is 40.5 Å². The van der Waals surface area contributed by atoms with Crippen LogP contribution < -0.4 is 18.9 Å². The molecule has 29 heavy (non-hydrogen) atoms. The van der Waals surface area contributed by atoms with Crippen LogP contribution in [0.4, 0.5) is 0 Å². The van der Waals surface area contributed by atoms with E-state index in [0.717, 1.165) is 25.2 Å². The maximum Gasteiger partial charge on any atom is 0.231 e. The van der Waals surface area contributed by atoms with Gasteiger partial charge in [-0.25, -0.2) is 0 Å². The zero-order valence-electron chi connectivity index (χ0n) is 16.8. The molecule has 2 aromatic carbocycles. The molecule has 0 aliphatic carbocycles. The third kappa shape index (κ3) is 4.22. The van der Waals surface area contributed by atoms with E-state index in [1.54, 1.807) is 38.5 Å². The summed E-state index contributed by atoms with van der Waals surface area (Å²) in [5.41, 5.74) is 1.28. The van der Waals surface area contributed by atoms with Crippen LogP contribution >= 0.6 is 0 Å². The van der Waals surface area contributed by atoms with Gasteiger partial charge < -0.3 is 18.9 Å². The lowest BCUT2D eigenvalue weighted by Crippen LogP contribution is -2.25. The summed E-state index contributed by atoms with van der Waals surface area (Å²) in [5, 5.41) is 0. The smallest absolute Gasteiger partial charge is 0.231 e. The number of allylic oxidation sites excluding steroid dienone is 1. The van der Waals surface area contributed by atoms with Crippen LogP contribution in [0, 0.1) is 0 Å². The Bertz CT molecular complexity index is 931. The van der Waals surface area contributed by atoms with E-state index in [2.05, 4.69) is 4.90 Å². The number of rotatable bonds is 7. The van der Waals surface area contributed by atoms with Gasteiger partial charge in [-0.05, 0) is 56.3 Å². The third-order valence-electron chi connectivity index (χ3n) is 5.24. The number of hydrogen-bond donors (Lipinski definition) is 0. The minimum absolute atomic E-state index is 0.151. The molecule has 6 heteroatoms. The van der Waals surface area contributed by atoms with Crippen LogP contribution in [0.5, 0.6) is 23.0 Å². The molecule has 6 nitrogen and oxygen atoms in total. The highest BCUT2D eigenvalue weighted by Gasteiger charge is 2.28. The van der Waals surface area contributed by atoms with E-state index in [-0.39, 0.29) is 11.5 Å². The first-order chi connectivity index (χ1) is 14.2. The summed E-state index contributed by atoms with van der Waals surface area (Å²) >= 11 is 0. The van der Waals surface area contributed by atoms with Crippen molar-refractivity contribution in [3.05, 3.63) is 53.3 Å². The van der Waals surface area contributed by atoms with Gasteiger partial charge in [0.15, 0.2) is 5.76 Å². The molecule has 0 bridgehead atoms. The van der Waals surface area contributed by atoms with Gasteiger partial charge in [-0.3, -0.25) is 9.69 Å². The fourth-order valence-electron chi connectivity index (χ4n) is 3.63. The second kappa shape index (κ2) is 8.57. The average molecular weight is 395 g/mol. The summed E-state index contributed by atoms with van der Waals surface area (Å²) < 4.78 is 22.3. The summed E-state index contributed by atoms with van der Waals surface area (Å²) in [7, 11) is 3.17. The van der Waals surface area contributed by atoms with Gasteiger partial charge >= 0.3 is 0 Å². The number of fused-ring (bicyclic) bond motifs is 1. The zero-order valence-corrected chi connectivity index (χ0v) is 16.8. The number of ether oxygens (including phenoxy) is 4. The van der Waals surface area contributed by atoms with Gasteiger partial charge in [0.05, 0.1) is 19.8 Å². The fourth-order valence-corrected chi connectivity index (χ4v) is 3.63. The molecule has 0 atom stereocenters. The van der Waals surface area contributed by atoms with E-state index in [1.807, 2.05) is 18.2 Å². The maximum absolute atomic E-state index is 12.7. The van der Waals surface area contributed by atoms with E-state index in [1.165, 1.54) is 12.8 Å². The Hall–Kier alpha value is -2.99. The minimum atomic E-state index is -0.151. The van der Waals surface area contributed by atoms with Crippen LogP contribution in [0.2, 0.25) is 0 Å². The van der Waals surface area contributed by atoms with Crippen LogP contribution in [0.1, 0.15) is 28.8 Å². The Labute approximate surface area is 170 Å². The Morgan fingerprint density at radius 3 is 2.59 bits per heavy atom. The molecule has 0 unspecified atom stereocenters. The predicted molar refractivity (Wildman–Crippen MR) is 110 cm³/mol. The number of carbonyl (C=O) groups is 1. The lowest BCUT2D eigenvalue weighted by Gasteiger charge is -2.15. The first-order valence-corrected chi connectivity index (χ1v) is 9.83. The molecule has 0 saturated carbocycles. The zero-order chi connectivity index (χ0) is 20.2. The normalized spacial score (nSPS) is 17.3. The first-order valence-electron chi connectivity index (χ1n) is 9.83. The number of carbonyl (C=O) groups excluding carboxylic acids is 1. The molecule has 2 aliphatic rings. The highest BCUT2D eigenvalue weighted by molar-refractivity contribution is 6.14. The lowest BCUT2D eigenvalue weighted by atomic mass is 10.1. The van der Waals surface area contributed by atoms with Gasteiger partial charge in [-0.2, -0.15) is 0 Å². The summed E-state index contributed by atoms with van der Waals surface area (Å²) in [6, 6.07) is 10.8. The summed E-state index contributed by atoms with van der Waals surface area (Å²) in [6.45, 7) is 3.83. The second-order valence-electron chi connectivity index (χ2n) is 7.10. The Morgan fingerprint density at radius 1 is 1.03 bits per heavy atom. The average Bonchev–Trinajstić information content (AvgIpc) is 3.36. The predicted octanol–water partition coefficient (Wildman–Crippen LogP) is 3.79. The monoisotopic (exact) mass is 395 g/mol. The molecule has 4 rings (SSSR count). The van der Waals surface area contributed by atoms with Gasteiger partial charge in [0.2, 0.25) is 5.78 Å². The van der Waals surface area contributed by atoms with Crippen molar-refractivity contribution in [2.45, 2.75) is 12.8 Å². The topological polar surface area (TPSA) is 57.2 Å². The number of benzene rings is 2. The largest absolute Gasteiger partial charge is 0.497 e. The number of ketones is 1. The molecule has 2 aromatic rings. The van der Waals surface area contributed by atoms with E-state index in [4.69, 9.17) is 18.9 Å². The molecule has 0 radical (unpaired) electrons. The standard InChI is InChI=1S/C23H25NO5/c1-26-17-6-5-16(20(14-17)27-2)13-22-23(25)19-8-7-18(15-21(19)29-22)28-12-11-24-9-3-4-10-24/h5-8,13-15H,3-4,9-12H2,1-2H3/b22-13+. The van der Waals surface area contributed by atoms with Crippen molar-refractivity contribution < 1.29 is 23.7 Å². The van der Waals surface area contributed by atoms with Crippen LogP contribution in [0.15, 0.2) is 42.2 Å². The molecule has 152 valence electrons. The van der Waals surface area contributed by atoms with Gasteiger partial charge in [0, 0.05) is 24.2 Å². The van der Waals surface area contributed by atoms with E-state index in [0.29, 0.717) is 35.2 Å². The van der Waals surface area contributed by atoms with E-state index in [9.17, 15) is 4.79 Å². The molecule has 1 saturated heterocycles. The minimum Gasteiger partial charge on any atom is -0.497 e. The molecule has 0 amide bonds. The molecule has 0 spiro atoms. The summed E-state index contributed by atoms with van der Waals surface area (Å²) in [4.78, 5) is 15.1. The second-order valence-corrected chi connectivity index (χ2v) is 7.10. The third-order valence-corrected chi connectivity index (χ3v) is 5.24. The number of hydrogen-bond acceptors (Lipinski definition) is 6. The highest BCUT2D eigenvalue weighted by atomic mass is 16.5. The first kappa shape index (κ1) is 19.3. The van der Waals surface area contributed by atoms with Gasteiger partial charge in [0.1, 0.15) is 29.6 Å². The molecule has 0 aromatic heterocycles. The summed E-state index contributed by atoms with van der Waals surface area (Å²) in [5.74, 6) is 2.63. The van der Waals surface area contributed by atoms with E-state index < -0.39 is 0 Å². The fraction of sp³-hybridized carbons (Fsp3) is 0.348. The van der Waals surface area contributed by atoms with Crippen molar-refractivity contribution in [1.82, 2.24) is 4.90 Å². The summed E-state index contributed by atoms with van der Waals surface area (Å²) in [6.07, 6.45) is 4.22. The lowest BCUT2D eigenvalue weighted by molar-refractivity contribution is 0.101. The number of Topliss-reactive ketones (excluding diaryl/α,β-unsaturated/α-hetero) is 1. The van der Waals surface area contributed by atoms with Gasteiger partial charge in [-0.1, -0.05) is 0 Å².